The number of carbonyl (C=O) groups is 2. The quantitative estimate of drug-likeness (QED) is 0.625. The number of nitrogens with one attached hydrogen (secondary N) is 1. The first-order valence-electron chi connectivity index (χ1n) is 10.4. The predicted octanol–water partition coefficient (Wildman–Crippen LogP) is 5.32. The molecule has 160 valence electrons. The number of amides is 2. The van der Waals surface area contributed by atoms with Gasteiger partial charge in [-0.25, -0.2) is 0 Å². The highest BCUT2D eigenvalue weighted by Crippen LogP contribution is 2.24. The number of carbonyl (C=O) groups excluding carboxylic acids is 2. The SMILES string of the molecule is Cc1ccc(CC(=O)N(Cc2ccc(Cl)c(Cl)c2)[C@H](C)C(=O)NC2CCCC2)cc1. The van der Waals surface area contributed by atoms with Crippen molar-refractivity contribution in [3.63, 3.8) is 0 Å². The van der Waals surface area contributed by atoms with E-state index < -0.39 is 6.04 Å². The highest BCUT2D eigenvalue weighted by atomic mass is 35.5. The highest BCUT2D eigenvalue weighted by molar-refractivity contribution is 6.42. The largest absolute Gasteiger partial charge is 0.352 e. The molecule has 0 unspecified atom stereocenters. The molecule has 3 rings (SSSR count). The average molecular weight is 447 g/mol. The van der Waals surface area contributed by atoms with Gasteiger partial charge in [0.1, 0.15) is 6.04 Å². The van der Waals surface area contributed by atoms with Gasteiger partial charge >= 0.3 is 0 Å². The Bertz CT molecular complexity index is 893. The predicted molar refractivity (Wildman–Crippen MR) is 122 cm³/mol. The third-order valence-electron chi connectivity index (χ3n) is 5.68. The second kappa shape index (κ2) is 10.3. The van der Waals surface area contributed by atoms with Gasteiger partial charge in [0, 0.05) is 12.6 Å². The minimum Gasteiger partial charge on any atom is -0.352 e. The molecule has 1 aliphatic rings. The first-order valence-corrected chi connectivity index (χ1v) is 11.2. The highest BCUT2D eigenvalue weighted by Gasteiger charge is 2.28. The summed E-state index contributed by atoms with van der Waals surface area (Å²) in [5, 5.41) is 4.01. The summed E-state index contributed by atoms with van der Waals surface area (Å²) in [5.41, 5.74) is 2.90. The van der Waals surface area contributed by atoms with Gasteiger partial charge < -0.3 is 10.2 Å². The van der Waals surface area contributed by atoms with Crippen molar-refractivity contribution in [3.05, 3.63) is 69.2 Å². The van der Waals surface area contributed by atoms with E-state index in [2.05, 4.69) is 5.32 Å². The third kappa shape index (κ3) is 5.99. The minimum atomic E-state index is -0.585. The zero-order valence-electron chi connectivity index (χ0n) is 17.5. The molecular weight excluding hydrogens is 419 g/mol. The van der Waals surface area contributed by atoms with E-state index in [1.54, 1.807) is 24.0 Å². The molecule has 30 heavy (non-hydrogen) atoms. The van der Waals surface area contributed by atoms with E-state index in [0.717, 1.165) is 42.4 Å². The van der Waals surface area contributed by atoms with Gasteiger partial charge in [-0.15, -0.1) is 0 Å². The molecule has 2 aromatic rings. The van der Waals surface area contributed by atoms with Crippen LogP contribution in [0.25, 0.3) is 0 Å². The van der Waals surface area contributed by atoms with Crippen LogP contribution in [0.2, 0.25) is 10.0 Å². The van der Waals surface area contributed by atoms with Crippen molar-refractivity contribution in [2.24, 2.45) is 0 Å². The van der Waals surface area contributed by atoms with Crippen LogP contribution in [0.5, 0.6) is 0 Å². The molecule has 0 aromatic heterocycles. The molecule has 6 heteroatoms. The van der Waals surface area contributed by atoms with Gasteiger partial charge in [-0.1, -0.05) is 71.9 Å². The monoisotopic (exact) mass is 446 g/mol. The van der Waals surface area contributed by atoms with E-state index in [4.69, 9.17) is 23.2 Å². The molecule has 1 N–H and O–H groups in total. The van der Waals surface area contributed by atoms with E-state index in [1.807, 2.05) is 37.3 Å². The number of hydrogen-bond acceptors (Lipinski definition) is 2. The summed E-state index contributed by atoms with van der Waals surface area (Å²) in [6.45, 7) is 4.09. The lowest BCUT2D eigenvalue weighted by molar-refractivity contribution is -0.140. The molecule has 2 aromatic carbocycles. The first kappa shape index (κ1) is 22.6. The van der Waals surface area contributed by atoms with E-state index in [-0.39, 0.29) is 24.3 Å². The smallest absolute Gasteiger partial charge is 0.242 e. The fraction of sp³-hybridized carbons (Fsp3) is 0.417. The molecule has 1 fully saturated rings. The van der Waals surface area contributed by atoms with Crippen molar-refractivity contribution in [1.29, 1.82) is 0 Å². The van der Waals surface area contributed by atoms with Crippen molar-refractivity contribution < 1.29 is 9.59 Å². The Morgan fingerprint density at radius 2 is 1.67 bits per heavy atom. The lowest BCUT2D eigenvalue weighted by Gasteiger charge is -2.30. The molecule has 0 heterocycles. The molecule has 0 radical (unpaired) electrons. The van der Waals surface area contributed by atoms with Gasteiger partial charge in [-0.3, -0.25) is 9.59 Å². The Morgan fingerprint density at radius 3 is 2.30 bits per heavy atom. The Morgan fingerprint density at radius 1 is 1.03 bits per heavy atom. The third-order valence-corrected chi connectivity index (χ3v) is 6.42. The maximum atomic E-state index is 13.2. The molecule has 1 saturated carbocycles. The summed E-state index contributed by atoms with van der Waals surface area (Å²) >= 11 is 12.2. The zero-order chi connectivity index (χ0) is 21.7. The summed E-state index contributed by atoms with van der Waals surface area (Å²) in [7, 11) is 0. The molecule has 0 spiro atoms. The van der Waals surface area contributed by atoms with Crippen molar-refractivity contribution >= 4 is 35.0 Å². The lowest BCUT2D eigenvalue weighted by atomic mass is 10.1. The van der Waals surface area contributed by atoms with Crippen LogP contribution in [0.3, 0.4) is 0 Å². The second-order valence-electron chi connectivity index (χ2n) is 8.10. The molecule has 1 atom stereocenters. The van der Waals surface area contributed by atoms with Gasteiger partial charge in [0.15, 0.2) is 0 Å². The summed E-state index contributed by atoms with van der Waals surface area (Å²) < 4.78 is 0. The van der Waals surface area contributed by atoms with E-state index in [9.17, 15) is 9.59 Å². The Hall–Kier alpha value is -2.04. The normalized spacial score (nSPS) is 15.1. The minimum absolute atomic E-state index is 0.0982. The fourth-order valence-electron chi connectivity index (χ4n) is 3.79. The Balaban J connectivity index is 1.78. The molecule has 0 aliphatic heterocycles. The molecule has 4 nitrogen and oxygen atoms in total. The average Bonchev–Trinajstić information content (AvgIpc) is 3.23. The Kier molecular flexibility index (Phi) is 7.79. The van der Waals surface area contributed by atoms with Crippen LogP contribution >= 0.6 is 23.2 Å². The summed E-state index contributed by atoms with van der Waals surface area (Å²) in [6, 6.07) is 12.8. The Labute approximate surface area is 188 Å². The molecular formula is C24H28Cl2N2O2. The number of nitrogens with zero attached hydrogens (tertiary/aromatic N) is 1. The second-order valence-corrected chi connectivity index (χ2v) is 8.91. The topological polar surface area (TPSA) is 49.4 Å². The van der Waals surface area contributed by atoms with Crippen molar-refractivity contribution in [1.82, 2.24) is 10.2 Å². The number of hydrogen-bond donors (Lipinski definition) is 1. The number of aryl methyl sites for hydroxylation is 1. The van der Waals surface area contributed by atoms with E-state index in [1.165, 1.54) is 0 Å². The molecule has 2 amide bonds. The number of benzene rings is 2. The summed E-state index contributed by atoms with van der Waals surface area (Å²) in [5.74, 6) is -0.210. The van der Waals surface area contributed by atoms with Crippen LogP contribution in [0.1, 0.15) is 49.3 Å². The van der Waals surface area contributed by atoms with Crippen LogP contribution in [0.4, 0.5) is 0 Å². The number of halogens is 2. The van der Waals surface area contributed by atoms with Crippen LogP contribution in [0.15, 0.2) is 42.5 Å². The van der Waals surface area contributed by atoms with Gasteiger partial charge in [0.25, 0.3) is 0 Å². The van der Waals surface area contributed by atoms with Gasteiger partial charge in [-0.2, -0.15) is 0 Å². The van der Waals surface area contributed by atoms with Crippen LogP contribution < -0.4 is 5.32 Å². The summed E-state index contributed by atoms with van der Waals surface area (Å²) in [4.78, 5) is 27.8. The number of rotatable bonds is 7. The molecule has 0 saturated heterocycles. The van der Waals surface area contributed by atoms with E-state index in [0.29, 0.717) is 16.6 Å². The lowest BCUT2D eigenvalue weighted by Crippen LogP contribution is -2.50. The maximum absolute atomic E-state index is 13.2. The van der Waals surface area contributed by atoms with Crippen molar-refractivity contribution in [2.45, 2.75) is 64.6 Å². The molecule has 0 bridgehead atoms. The van der Waals surface area contributed by atoms with Crippen LogP contribution in [-0.4, -0.2) is 28.8 Å². The summed E-state index contributed by atoms with van der Waals surface area (Å²) in [6.07, 6.45) is 4.52. The van der Waals surface area contributed by atoms with Gasteiger partial charge in [0.05, 0.1) is 16.5 Å². The van der Waals surface area contributed by atoms with Gasteiger partial charge in [0.2, 0.25) is 11.8 Å². The van der Waals surface area contributed by atoms with Crippen molar-refractivity contribution in [2.75, 3.05) is 0 Å². The van der Waals surface area contributed by atoms with Crippen LogP contribution in [-0.2, 0) is 22.6 Å². The van der Waals surface area contributed by atoms with Gasteiger partial charge in [-0.05, 0) is 49.9 Å². The molecule has 1 aliphatic carbocycles. The van der Waals surface area contributed by atoms with Crippen LogP contribution in [0, 0.1) is 6.92 Å². The zero-order valence-corrected chi connectivity index (χ0v) is 19.0. The fourth-order valence-corrected chi connectivity index (χ4v) is 4.11. The standard InChI is InChI=1S/C24H28Cl2N2O2/c1-16-7-9-18(10-8-16)14-23(29)28(15-19-11-12-21(25)22(26)13-19)17(2)24(30)27-20-5-3-4-6-20/h7-13,17,20H,3-6,14-15H2,1-2H3,(H,27,30)/t17-/m1/s1. The van der Waals surface area contributed by atoms with E-state index >= 15 is 0 Å². The van der Waals surface area contributed by atoms with Crippen molar-refractivity contribution in [3.8, 4) is 0 Å². The maximum Gasteiger partial charge on any atom is 0.242 e. The first-order chi connectivity index (χ1) is 14.3.